The number of halogens is 3. The molecule has 1 rings (SSSR count). The summed E-state index contributed by atoms with van der Waals surface area (Å²) in [6.45, 7) is 0. The van der Waals surface area contributed by atoms with Crippen molar-refractivity contribution in [3.63, 3.8) is 0 Å². The molecule has 0 amide bonds. The van der Waals surface area contributed by atoms with Crippen LogP contribution in [-0.4, -0.2) is 17.4 Å². The number of aldehydes is 1. The molecule has 6 heteroatoms. The first-order valence-electron chi connectivity index (χ1n) is 4.71. The van der Waals surface area contributed by atoms with E-state index in [1.807, 2.05) is 0 Å². The van der Waals surface area contributed by atoms with E-state index in [-0.39, 0.29) is 11.1 Å². The van der Waals surface area contributed by atoms with Crippen LogP contribution in [0.15, 0.2) is 18.2 Å². The van der Waals surface area contributed by atoms with Gasteiger partial charge in [0, 0.05) is 11.1 Å². The number of carbonyl (C=O) groups is 2. The second-order valence-corrected chi connectivity index (χ2v) is 3.29. The Morgan fingerprint density at radius 3 is 2.56 bits per heavy atom. The SMILES string of the molecule is O=Cc1ccc(C#CCC(=O)O)c(C(F)(F)F)c1. The van der Waals surface area contributed by atoms with Gasteiger partial charge in [-0.25, -0.2) is 0 Å². The number of carboxylic acids is 1. The van der Waals surface area contributed by atoms with Crippen molar-refractivity contribution >= 4 is 12.3 Å². The molecule has 1 aromatic carbocycles. The third-order valence-corrected chi connectivity index (χ3v) is 1.95. The van der Waals surface area contributed by atoms with Crippen LogP contribution in [0.25, 0.3) is 0 Å². The van der Waals surface area contributed by atoms with Crippen LogP contribution in [0.5, 0.6) is 0 Å². The van der Waals surface area contributed by atoms with Crippen molar-refractivity contribution in [2.75, 3.05) is 0 Å². The zero-order valence-corrected chi connectivity index (χ0v) is 8.91. The van der Waals surface area contributed by atoms with Gasteiger partial charge in [-0.2, -0.15) is 13.2 Å². The number of carboxylic acid groups (broad SMARTS) is 1. The molecule has 0 bridgehead atoms. The normalized spacial score (nSPS) is 10.4. The van der Waals surface area contributed by atoms with E-state index in [0.717, 1.165) is 6.07 Å². The van der Waals surface area contributed by atoms with Gasteiger partial charge in [0.05, 0.1) is 5.56 Å². The van der Waals surface area contributed by atoms with E-state index in [4.69, 9.17) is 5.11 Å². The summed E-state index contributed by atoms with van der Waals surface area (Å²) in [4.78, 5) is 20.6. The molecule has 18 heavy (non-hydrogen) atoms. The van der Waals surface area contributed by atoms with Crippen molar-refractivity contribution in [3.05, 3.63) is 34.9 Å². The van der Waals surface area contributed by atoms with Gasteiger partial charge in [-0.15, -0.1) is 0 Å². The van der Waals surface area contributed by atoms with Gasteiger partial charge in [0.15, 0.2) is 0 Å². The fraction of sp³-hybridized carbons (Fsp3) is 0.167. The maximum absolute atomic E-state index is 12.7. The molecule has 0 aromatic heterocycles. The number of aliphatic carboxylic acids is 1. The van der Waals surface area contributed by atoms with Gasteiger partial charge in [-0.05, 0) is 12.1 Å². The van der Waals surface area contributed by atoms with Crippen LogP contribution >= 0.6 is 0 Å². The first-order chi connectivity index (χ1) is 8.34. The second kappa shape index (κ2) is 5.36. The molecule has 1 N–H and O–H groups in total. The lowest BCUT2D eigenvalue weighted by molar-refractivity contribution is -0.138. The molecule has 0 radical (unpaired) electrons. The minimum absolute atomic E-state index is 0.119. The van der Waals surface area contributed by atoms with Crippen LogP contribution < -0.4 is 0 Å². The number of alkyl halides is 3. The highest BCUT2D eigenvalue weighted by molar-refractivity contribution is 5.76. The van der Waals surface area contributed by atoms with E-state index in [2.05, 4.69) is 11.8 Å². The summed E-state index contributed by atoms with van der Waals surface area (Å²) in [5, 5.41) is 8.33. The summed E-state index contributed by atoms with van der Waals surface area (Å²) >= 11 is 0. The summed E-state index contributed by atoms with van der Waals surface area (Å²) in [5.74, 6) is 3.03. The Labute approximate surface area is 100 Å². The first kappa shape index (κ1) is 13.8. The minimum atomic E-state index is -4.65. The van der Waals surface area contributed by atoms with Crippen LogP contribution in [0.3, 0.4) is 0 Å². The predicted molar refractivity (Wildman–Crippen MR) is 56.0 cm³/mol. The standard InChI is InChI=1S/C12H7F3O3/c13-12(14,15)10-6-8(7-16)4-5-9(10)2-1-3-11(17)18/h4-7H,3H2,(H,17,18). The summed E-state index contributed by atoms with van der Waals surface area (Å²) in [6.07, 6.45) is -4.90. The van der Waals surface area contributed by atoms with Crippen molar-refractivity contribution in [1.29, 1.82) is 0 Å². The molecule has 1 aromatic rings. The number of rotatable bonds is 2. The molecule has 0 aliphatic heterocycles. The summed E-state index contributed by atoms with van der Waals surface area (Å²) < 4.78 is 38.0. The van der Waals surface area contributed by atoms with Gasteiger partial charge in [0.25, 0.3) is 0 Å². The second-order valence-electron chi connectivity index (χ2n) is 3.29. The Kier molecular flexibility index (Phi) is 4.10. The number of carbonyl (C=O) groups excluding carboxylic acids is 1. The van der Waals surface area contributed by atoms with Gasteiger partial charge in [-0.3, -0.25) is 9.59 Å². The molecule has 0 spiro atoms. The maximum atomic E-state index is 12.7. The van der Waals surface area contributed by atoms with Crippen LogP contribution in [0, 0.1) is 11.8 Å². The lowest BCUT2D eigenvalue weighted by atomic mass is 10.0. The largest absolute Gasteiger partial charge is 0.481 e. The zero-order chi connectivity index (χ0) is 13.8. The molecule has 0 saturated carbocycles. The van der Waals surface area contributed by atoms with Crippen molar-refractivity contribution < 1.29 is 27.9 Å². The Bertz CT molecular complexity index is 536. The highest BCUT2D eigenvalue weighted by Gasteiger charge is 2.33. The third-order valence-electron chi connectivity index (χ3n) is 1.95. The Hall–Kier alpha value is -2.29. The number of benzene rings is 1. The van der Waals surface area contributed by atoms with E-state index in [9.17, 15) is 22.8 Å². The van der Waals surface area contributed by atoms with Crippen molar-refractivity contribution in [2.45, 2.75) is 12.6 Å². The lowest BCUT2D eigenvalue weighted by Gasteiger charge is -2.09. The van der Waals surface area contributed by atoms with Crippen LogP contribution in [0.4, 0.5) is 13.2 Å². The topological polar surface area (TPSA) is 54.4 Å². The smallest absolute Gasteiger partial charge is 0.417 e. The quantitative estimate of drug-likeness (QED) is 0.652. The van der Waals surface area contributed by atoms with Gasteiger partial charge >= 0.3 is 12.1 Å². The van der Waals surface area contributed by atoms with Crippen molar-refractivity contribution in [1.82, 2.24) is 0 Å². The van der Waals surface area contributed by atoms with Crippen LogP contribution in [-0.2, 0) is 11.0 Å². The molecule has 0 aliphatic carbocycles. The van der Waals surface area contributed by atoms with Crippen LogP contribution in [0.2, 0.25) is 0 Å². The fourth-order valence-corrected chi connectivity index (χ4v) is 1.19. The van der Waals surface area contributed by atoms with E-state index in [0.29, 0.717) is 12.4 Å². The highest BCUT2D eigenvalue weighted by Crippen LogP contribution is 2.32. The third kappa shape index (κ3) is 3.63. The Morgan fingerprint density at radius 2 is 2.06 bits per heavy atom. The Morgan fingerprint density at radius 1 is 1.39 bits per heavy atom. The Balaban J connectivity index is 3.21. The van der Waals surface area contributed by atoms with Gasteiger partial charge < -0.3 is 5.11 Å². The summed E-state index contributed by atoms with van der Waals surface area (Å²) in [7, 11) is 0. The number of hydrogen-bond donors (Lipinski definition) is 1. The molecular formula is C12H7F3O3. The monoisotopic (exact) mass is 256 g/mol. The van der Waals surface area contributed by atoms with Gasteiger partial charge in [0.1, 0.15) is 12.7 Å². The van der Waals surface area contributed by atoms with Gasteiger partial charge in [-0.1, -0.05) is 17.9 Å². The zero-order valence-electron chi connectivity index (χ0n) is 8.91. The molecule has 0 heterocycles. The highest BCUT2D eigenvalue weighted by atomic mass is 19.4. The first-order valence-corrected chi connectivity index (χ1v) is 4.71. The molecule has 0 unspecified atom stereocenters. The molecule has 3 nitrogen and oxygen atoms in total. The molecular weight excluding hydrogens is 249 g/mol. The fourth-order valence-electron chi connectivity index (χ4n) is 1.19. The molecule has 0 atom stereocenters. The molecule has 0 fully saturated rings. The van der Waals surface area contributed by atoms with Gasteiger partial charge in [0.2, 0.25) is 0 Å². The molecule has 0 aliphatic rings. The number of hydrogen-bond acceptors (Lipinski definition) is 2. The minimum Gasteiger partial charge on any atom is -0.481 e. The van der Waals surface area contributed by atoms with Crippen molar-refractivity contribution in [2.24, 2.45) is 0 Å². The summed E-state index contributed by atoms with van der Waals surface area (Å²) in [5.41, 5.74) is -1.52. The van der Waals surface area contributed by atoms with Crippen molar-refractivity contribution in [3.8, 4) is 11.8 Å². The molecule has 0 saturated heterocycles. The lowest BCUT2D eigenvalue weighted by Crippen LogP contribution is -2.08. The summed E-state index contributed by atoms with van der Waals surface area (Å²) in [6, 6.07) is 2.91. The van der Waals surface area contributed by atoms with E-state index >= 15 is 0 Å². The molecule has 94 valence electrons. The maximum Gasteiger partial charge on any atom is 0.417 e. The van der Waals surface area contributed by atoms with Crippen LogP contribution in [0.1, 0.15) is 27.9 Å². The van der Waals surface area contributed by atoms with E-state index < -0.39 is 24.1 Å². The average molecular weight is 256 g/mol. The van der Waals surface area contributed by atoms with E-state index in [1.54, 1.807) is 0 Å². The average Bonchev–Trinajstić information content (AvgIpc) is 2.27. The van der Waals surface area contributed by atoms with E-state index in [1.165, 1.54) is 6.07 Å². The predicted octanol–water partition coefficient (Wildman–Crippen LogP) is 2.34.